The Balaban J connectivity index is 1.44. The SMILES string of the molecule is O=C(Nc1nc(/C=C/c2cn(C(F)(F)F)cn2)cs1)c1cc(Cl)cn1Cc1ccnc(F)c1. The van der Waals surface area contributed by atoms with E-state index in [1.807, 2.05) is 0 Å². The highest BCUT2D eigenvalue weighted by Gasteiger charge is 2.30. The van der Waals surface area contributed by atoms with E-state index in [0.29, 0.717) is 22.6 Å². The van der Waals surface area contributed by atoms with Crippen LogP contribution in [0.5, 0.6) is 0 Å². The lowest BCUT2D eigenvalue weighted by molar-refractivity contribution is -0.204. The number of carbonyl (C=O) groups is 1. The summed E-state index contributed by atoms with van der Waals surface area (Å²) in [5, 5.41) is 4.88. The molecule has 0 aromatic carbocycles. The smallest absolute Gasteiger partial charge is 0.338 e. The van der Waals surface area contributed by atoms with Gasteiger partial charge < -0.3 is 4.57 Å². The Kier molecular flexibility index (Phi) is 6.29. The quantitative estimate of drug-likeness (QED) is 0.291. The van der Waals surface area contributed by atoms with E-state index < -0.39 is 18.2 Å². The van der Waals surface area contributed by atoms with Crippen LogP contribution < -0.4 is 5.32 Å². The molecule has 0 aliphatic carbocycles. The van der Waals surface area contributed by atoms with Crippen LogP contribution in [-0.2, 0) is 12.8 Å². The highest BCUT2D eigenvalue weighted by molar-refractivity contribution is 7.14. The van der Waals surface area contributed by atoms with Crippen LogP contribution in [0.1, 0.15) is 27.4 Å². The van der Waals surface area contributed by atoms with Crippen molar-refractivity contribution in [2.75, 3.05) is 5.32 Å². The van der Waals surface area contributed by atoms with Crippen LogP contribution in [0.2, 0.25) is 5.02 Å². The van der Waals surface area contributed by atoms with Crippen LogP contribution in [0.15, 0.2) is 48.5 Å². The lowest BCUT2D eigenvalue weighted by atomic mass is 10.2. The first-order chi connectivity index (χ1) is 15.7. The molecular weight excluding hydrogens is 484 g/mol. The lowest BCUT2D eigenvalue weighted by Gasteiger charge is -2.08. The molecule has 4 aromatic heterocycles. The number of pyridine rings is 1. The van der Waals surface area contributed by atoms with Crippen molar-refractivity contribution in [3.8, 4) is 0 Å². The maximum atomic E-state index is 13.4. The molecule has 4 rings (SSSR count). The van der Waals surface area contributed by atoms with Gasteiger partial charge in [-0.2, -0.15) is 4.39 Å². The molecule has 0 atom stereocenters. The molecule has 4 heterocycles. The van der Waals surface area contributed by atoms with Gasteiger partial charge in [-0.15, -0.1) is 24.5 Å². The minimum Gasteiger partial charge on any atom is -0.338 e. The molecule has 0 saturated heterocycles. The Bertz CT molecular complexity index is 1330. The van der Waals surface area contributed by atoms with E-state index >= 15 is 0 Å². The van der Waals surface area contributed by atoms with Crippen molar-refractivity contribution in [3.63, 3.8) is 0 Å². The van der Waals surface area contributed by atoms with Gasteiger partial charge in [0.25, 0.3) is 5.91 Å². The number of nitrogens with one attached hydrogen (secondary N) is 1. The average molecular weight is 497 g/mol. The largest absolute Gasteiger partial charge is 0.489 e. The summed E-state index contributed by atoms with van der Waals surface area (Å²) in [4.78, 5) is 24.1. The first-order valence-corrected chi connectivity index (χ1v) is 10.5. The van der Waals surface area contributed by atoms with Crippen molar-refractivity contribution in [3.05, 3.63) is 82.1 Å². The van der Waals surface area contributed by atoms with E-state index in [4.69, 9.17) is 11.6 Å². The molecule has 170 valence electrons. The molecule has 0 bridgehead atoms. The topological polar surface area (TPSA) is 77.6 Å². The second-order valence-electron chi connectivity index (χ2n) is 6.70. The first kappa shape index (κ1) is 22.7. The van der Waals surface area contributed by atoms with Crippen molar-refractivity contribution >= 4 is 46.1 Å². The summed E-state index contributed by atoms with van der Waals surface area (Å²) < 4.78 is 52.8. The monoisotopic (exact) mass is 496 g/mol. The Hall–Kier alpha value is -3.51. The zero-order valence-corrected chi connectivity index (χ0v) is 18.0. The van der Waals surface area contributed by atoms with E-state index in [-0.39, 0.29) is 27.6 Å². The van der Waals surface area contributed by atoms with Crippen molar-refractivity contribution in [2.24, 2.45) is 0 Å². The molecule has 0 unspecified atom stereocenters. The molecule has 0 aliphatic rings. The summed E-state index contributed by atoms with van der Waals surface area (Å²) in [6.45, 7) is 0.200. The van der Waals surface area contributed by atoms with E-state index in [1.165, 1.54) is 30.5 Å². The third kappa shape index (κ3) is 5.65. The predicted molar refractivity (Wildman–Crippen MR) is 115 cm³/mol. The molecular formula is C20H13ClF4N6OS. The summed E-state index contributed by atoms with van der Waals surface area (Å²) in [6, 6.07) is 4.35. The zero-order valence-electron chi connectivity index (χ0n) is 16.4. The van der Waals surface area contributed by atoms with E-state index in [9.17, 15) is 22.4 Å². The predicted octanol–water partition coefficient (Wildman–Crippen LogP) is 5.28. The molecule has 0 saturated carbocycles. The normalized spacial score (nSPS) is 11.9. The Morgan fingerprint density at radius 3 is 2.70 bits per heavy atom. The third-order valence-corrected chi connectivity index (χ3v) is 5.28. The molecule has 0 radical (unpaired) electrons. The Morgan fingerprint density at radius 1 is 1.18 bits per heavy atom. The number of imidazole rings is 1. The molecule has 13 heteroatoms. The minimum absolute atomic E-state index is 0.0416. The molecule has 1 N–H and O–H groups in total. The fraction of sp³-hybridized carbons (Fsp3) is 0.100. The number of hydrogen-bond acceptors (Lipinski definition) is 5. The Labute approximate surface area is 193 Å². The molecule has 0 spiro atoms. The van der Waals surface area contributed by atoms with E-state index in [0.717, 1.165) is 17.5 Å². The molecule has 33 heavy (non-hydrogen) atoms. The number of aromatic nitrogens is 5. The fourth-order valence-corrected chi connectivity index (χ4v) is 3.74. The van der Waals surface area contributed by atoms with Gasteiger partial charge >= 0.3 is 6.30 Å². The van der Waals surface area contributed by atoms with Gasteiger partial charge in [0, 0.05) is 30.5 Å². The highest BCUT2D eigenvalue weighted by Crippen LogP contribution is 2.23. The lowest BCUT2D eigenvalue weighted by Crippen LogP contribution is -2.17. The van der Waals surface area contributed by atoms with Crippen molar-refractivity contribution in [1.29, 1.82) is 0 Å². The number of alkyl halides is 3. The number of nitrogens with zero attached hydrogens (tertiary/aromatic N) is 5. The number of halogens is 5. The molecule has 0 aliphatic heterocycles. The summed E-state index contributed by atoms with van der Waals surface area (Å²) in [7, 11) is 0. The number of amides is 1. The second kappa shape index (κ2) is 9.16. The summed E-state index contributed by atoms with van der Waals surface area (Å²) in [5.74, 6) is -1.12. The summed E-state index contributed by atoms with van der Waals surface area (Å²) in [6.07, 6.45) is 2.71. The second-order valence-corrected chi connectivity index (χ2v) is 7.99. The highest BCUT2D eigenvalue weighted by atomic mass is 35.5. The van der Waals surface area contributed by atoms with Gasteiger partial charge in [-0.3, -0.25) is 10.1 Å². The first-order valence-electron chi connectivity index (χ1n) is 9.19. The fourth-order valence-electron chi connectivity index (χ4n) is 2.85. The van der Waals surface area contributed by atoms with Gasteiger partial charge in [-0.25, -0.2) is 19.5 Å². The van der Waals surface area contributed by atoms with Gasteiger partial charge in [0.05, 0.1) is 16.4 Å². The molecule has 1 amide bonds. The van der Waals surface area contributed by atoms with E-state index in [1.54, 1.807) is 22.2 Å². The average Bonchev–Trinajstić information content (AvgIpc) is 3.46. The van der Waals surface area contributed by atoms with Crippen LogP contribution >= 0.6 is 22.9 Å². The molecule has 4 aromatic rings. The van der Waals surface area contributed by atoms with Gasteiger partial charge in [0.2, 0.25) is 5.95 Å². The zero-order chi connectivity index (χ0) is 23.6. The van der Waals surface area contributed by atoms with Crippen LogP contribution in [-0.4, -0.2) is 30.0 Å². The van der Waals surface area contributed by atoms with Crippen LogP contribution in [0, 0.1) is 5.95 Å². The molecule has 0 fully saturated rings. The molecule has 7 nitrogen and oxygen atoms in total. The van der Waals surface area contributed by atoms with Gasteiger partial charge in [-0.05, 0) is 35.9 Å². The Morgan fingerprint density at radius 2 is 1.97 bits per heavy atom. The van der Waals surface area contributed by atoms with Gasteiger partial charge in [0.15, 0.2) is 5.13 Å². The standard InChI is InChI=1S/C20H13ClF4N6OS/c21-13-6-16(30(8-13)7-12-3-4-26-17(22)5-12)18(32)29-19-28-15(10-33-19)2-1-14-9-31(11-27-14)20(23,24)25/h1-6,8-11H,7H2,(H,28,29,32)/b2-1+. The number of rotatable bonds is 6. The third-order valence-electron chi connectivity index (χ3n) is 4.30. The number of thiazole rings is 1. The van der Waals surface area contributed by atoms with Crippen LogP contribution in [0.25, 0.3) is 12.2 Å². The summed E-state index contributed by atoms with van der Waals surface area (Å²) in [5.41, 5.74) is 1.36. The van der Waals surface area contributed by atoms with Crippen molar-refractivity contribution in [2.45, 2.75) is 12.8 Å². The van der Waals surface area contributed by atoms with Gasteiger partial charge in [-0.1, -0.05) is 11.6 Å². The minimum atomic E-state index is -4.54. The van der Waals surface area contributed by atoms with Gasteiger partial charge in [0.1, 0.15) is 12.0 Å². The van der Waals surface area contributed by atoms with Crippen molar-refractivity contribution < 1.29 is 22.4 Å². The number of hydrogen-bond donors (Lipinski definition) is 1. The number of carbonyl (C=O) groups excluding carboxylic acids is 1. The van der Waals surface area contributed by atoms with Crippen molar-refractivity contribution in [1.82, 2.24) is 24.1 Å². The maximum absolute atomic E-state index is 13.4. The maximum Gasteiger partial charge on any atom is 0.489 e. The van der Waals surface area contributed by atoms with Crippen LogP contribution in [0.3, 0.4) is 0 Å². The van der Waals surface area contributed by atoms with Crippen LogP contribution in [0.4, 0.5) is 22.7 Å². The number of anilines is 1. The summed E-state index contributed by atoms with van der Waals surface area (Å²) >= 11 is 7.19. The van der Waals surface area contributed by atoms with E-state index in [2.05, 4.69) is 20.3 Å².